The minimum atomic E-state index is -0.384. The van der Waals surface area contributed by atoms with Gasteiger partial charge in [-0.3, -0.25) is 14.5 Å². The highest BCUT2D eigenvalue weighted by Gasteiger charge is 2.19. The molecule has 0 bridgehead atoms. The maximum atomic E-state index is 12.4. The smallest absolute Gasteiger partial charge is 0.287 e. The molecule has 1 fully saturated rings. The summed E-state index contributed by atoms with van der Waals surface area (Å²) in [5.41, 5.74) is 1.31. The number of nitrogens with one attached hydrogen (secondary N) is 1. The van der Waals surface area contributed by atoms with E-state index < -0.39 is 0 Å². The second-order valence-electron chi connectivity index (χ2n) is 8.26. The number of fused-ring (bicyclic) bond motifs is 1. The Hall–Kier alpha value is -3.12. The van der Waals surface area contributed by atoms with Gasteiger partial charge in [-0.2, -0.15) is 0 Å². The maximum Gasteiger partial charge on any atom is 0.287 e. The Balaban J connectivity index is 1.20. The summed E-state index contributed by atoms with van der Waals surface area (Å²) in [6.45, 7) is 3.80. The number of hydrogen-bond acceptors (Lipinski definition) is 5. The van der Waals surface area contributed by atoms with Crippen LogP contribution in [0.5, 0.6) is 5.75 Å². The van der Waals surface area contributed by atoms with Crippen molar-refractivity contribution >= 4 is 16.9 Å². The Labute approximate surface area is 181 Å². The molecule has 31 heavy (non-hydrogen) atoms. The molecule has 6 heteroatoms. The number of piperidine rings is 1. The van der Waals surface area contributed by atoms with Crippen LogP contribution in [0.1, 0.15) is 41.8 Å². The zero-order valence-corrected chi connectivity index (χ0v) is 17.5. The van der Waals surface area contributed by atoms with Crippen molar-refractivity contribution in [3.63, 3.8) is 0 Å². The van der Waals surface area contributed by atoms with E-state index in [0.717, 1.165) is 32.5 Å². The van der Waals surface area contributed by atoms with Crippen molar-refractivity contribution in [2.75, 3.05) is 19.6 Å². The first-order chi connectivity index (χ1) is 15.1. The Morgan fingerprint density at radius 1 is 1.10 bits per heavy atom. The largest absolute Gasteiger partial charge is 0.508 e. The van der Waals surface area contributed by atoms with Crippen molar-refractivity contribution < 1.29 is 14.3 Å². The van der Waals surface area contributed by atoms with Gasteiger partial charge in [0, 0.05) is 19.2 Å². The first-order valence-corrected chi connectivity index (χ1v) is 10.9. The van der Waals surface area contributed by atoms with Gasteiger partial charge >= 0.3 is 0 Å². The van der Waals surface area contributed by atoms with E-state index in [1.165, 1.54) is 42.7 Å². The summed E-state index contributed by atoms with van der Waals surface area (Å²) < 4.78 is 5.54. The predicted octanol–water partition coefficient (Wildman–Crippen LogP) is 3.92. The van der Waals surface area contributed by atoms with Gasteiger partial charge in [0.25, 0.3) is 5.91 Å². The minimum absolute atomic E-state index is 0.00240. The van der Waals surface area contributed by atoms with Crippen LogP contribution in [0.4, 0.5) is 0 Å². The number of aromatic hydroxyl groups is 1. The Morgan fingerprint density at radius 3 is 2.65 bits per heavy atom. The molecule has 2 aromatic carbocycles. The highest BCUT2D eigenvalue weighted by atomic mass is 16.3. The molecule has 1 aromatic heterocycles. The van der Waals surface area contributed by atoms with Crippen molar-refractivity contribution in [1.29, 1.82) is 0 Å². The lowest BCUT2D eigenvalue weighted by atomic mass is 9.92. The quantitative estimate of drug-likeness (QED) is 0.566. The molecular formula is C25H28N2O4. The lowest BCUT2D eigenvalue weighted by Crippen LogP contribution is -2.33. The highest BCUT2D eigenvalue weighted by Crippen LogP contribution is 2.23. The fourth-order valence-corrected chi connectivity index (χ4v) is 4.21. The van der Waals surface area contributed by atoms with E-state index in [9.17, 15) is 14.7 Å². The SMILES string of the molecule is O=C(NCCCC1CCN(Cc2ccccc2)CC1)c1cc(=O)c2cc(O)ccc2o1. The summed E-state index contributed by atoms with van der Waals surface area (Å²) in [4.78, 5) is 27.1. The summed E-state index contributed by atoms with van der Waals surface area (Å²) in [5.74, 6) is 0.292. The molecule has 1 saturated heterocycles. The zero-order chi connectivity index (χ0) is 21.6. The van der Waals surface area contributed by atoms with Crippen LogP contribution < -0.4 is 10.7 Å². The third kappa shape index (κ3) is 5.52. The van der Waals surface area contributed by atoms with Crippen molar-refractivity contribution in [3.05, 3.63) is 76.1 Å². The van der Waals surface area contributed by atoms with E-state index >= 15 is 0 Å². The van der Waals surface area contributed by atoms with Crippen molar-refractivity contribution in [2.24, 2.45) is 5.92 Å². The number of likely N-dealkylation sites (tertiary alicyclic amines) is 1. The van der Waals surface area contributed by atoms with Crippen molar-refractivity contribution in [2.45, 2.75) is 32.2 Å². The summed E-state index contributed by atoms with van der Waals surface area (Å²) in [6, 6.07) is 16.0. The van der Waals surface area contributed by atoms with Crippen LogP contribution >= 0.6 is 0 Å². The van der Waals surface area contributed by atoms with E-state index in [0.29, 0.717) is 12.5 Å². The topological polar surface area (TPSA) is 82.8 Å². The lowest BCUT2D eigenvalue weighted by molar-refractivity contribution is 0.0924. The van der Waals surface area contributed by atoms with Crippen LogP contribution in [-0.2, 0) is 6.54 Å². The van der Waals surface area contributed by atoms with Gasteiger partial charge in [0.1, 0.15) is 11.3 Å². The van der Waals surface area contributed by atoms with E-state index in [1.807, 2.05) is 6.07 Å². The fraction of sp³-hybridized carbons (Fsp3) is 0.360. The molecule has 2 N–H and O–H groups in total. The molecule has 2 heterocycles. The number of rotatable bonds is 7. The Morgan fingerprint density at radius 2 is 1.87 bits per heavy atom. The van der Waals surface area contributed by atoms with E-state index in [1.54, 1.807) is 0 Å². The van der Waals surface area contributed by atoms with Crippen LogP contribution in [0.2, 0.25) is 0 Å². The molecule has 0 spiro atoms. The predicted molar refractivity (Wildman–Crippen MR) is 120 cm³/mol. The van der Waals surface area contributed by atoms with Crippen LogP contribution in [0.25, 0.3) is 11.0 Å². The number of hydrogen-bond donors (Lipinski definition) is 2. The van der Waals surface area contributed by atoms with E-state index in [2.05, 4.69) is 34.5 Å². The highest BCUT2D eigenvalue weighted by molar-refractivity contribution is 5.93. The molecule has 0 radical (unpaired) electrons. The number of benzene rings is 2. The average Bonchev–Trinajstić information content (AvgIpc) is 2.78. The van der Waals surface area contributed by atoms with Gasteiger partial charge < -0.3 is 14.8 Å². The summed E-state index contributed by atoms with van der Waals surface area (Å²) >= 11 is 0. The van der Waals surface area contributed by atoms with Crippen LogP contribution in [0.15, 0.2) is 63.8 Å². The number of carbonyl (C=O) groups is 1. The van der Waals surface area contributed by atoms with E-state index in [4.69, 9.17) is 4.42 Å². The monoisotopic (exact) mass is 420 g/mol. The molecule has 0 atom stereocenters. The first kappa shape index (κ1) is 21.1. The molecule has 4 rings (SSSR count). The number of amides is 1. The molecule has 1 aliphatic heterocycles. The maximum absolute atomic E-state index is 12.4. The second kappa shape index (κ2) is 9.79. The van der Waals surface area contributed by atoms with Gasteiger partial charge in [-0.05, 0) is 68.5 Å². The van der Waals surface area contributed by atoms with Gasteiger partial charge in [-0.1, -0.05) is 30.3 Å². The van der Waals surface area contributed by atoms with Crippen LogP contribution in [-0.4, -0.2) is 35.5 Å². The Kier molecular flexibility index (Phi) is 6.67. The number of nitrogens with zero attached hydrogens (tertiary/aromatic N) is 1. The summed E-state index contributed by atoms with van der Waals surface area (Å²) in [5, 5.41) is 12.6. The molecule has 3 aromatic rings. The molecule has 6 nitrogen and oxygen atoms in total. The van der Waals surface area contributed by atoms with Gasteiger partial charge in [0.05, 0.1) is 5.39 Å². The molecular weight excluding hydrogens is 392 g/mol. The first-order valence-electron chi connectivity index (χ1n) is 10.9. The molecule has 0 unspecified atom stereocenters. The molecule has 0 aliphatic carbocycles. The number of phenolic OH excluding ortho intramolecular Hbond substituents is 1. The average molecular weight is 421 g/mol. The van der Waals surface area contributed by atoms with Gasteiger partial charge in [-0.15, -0.1) is 0 Å². The molecule has 162 valence electrons. The lowest BCUT2D eigenvalue weighted by Gasteiger charge is -2.32. The summed E-state index contributed by atoms with van der Waals surface area (Å²) in [6.07, 6.45) is 4.36. The van der Waals surface area contributed by atoms with Gasteiger partial charge in [-0.25, -0.2) is 0 Å². The van der Waals surface area contributed by atoms with Crippen LogP contribution in [0, 0.1) is 5.92 Å². The summed E-state index contributed by atoms with van der Waals surface area (Å²) in [7, 11) is 0. The zero-order valence-electron chi connectivity index (χ0n) is 17.5. The Bertz CT molecular complexity index is 1090. The minimum Gasteiger partial charge on any atom is -0.508 e. The molecule has 0 saturated carbocycles. The van der Waals surface area contributed by atoms with E-state index in [-0.39, 0.29) is 33.8 Å². The van der Waals surface area contributed by atoms with Crippen LogP contribution in [0.3, 0.4) is 0 Å². The molecule has 1 aliphatic rings. The third-order valence-electron chi connectivity index (χ3n) is 5.97. The van der Waals surface area contributed by atoms with Gasteiger partial charge in [0.15, 0.2) is 11.2 Å². The molecule has 1 amide bonds. The number of phenols is 1. The third-order valence-corrected chi connectivity index (χ3v) is 5.97. The standard InChI is InChI=1S/C25H28N2O4/c28-20-8-9-23-21(15-20)22(29)16-24(31-23)25(30)26-12-4-7-18-10-13-27(14-11-18)17-19-5-2-1-3-6-19/h1-3,5-6,8-9,15-16,18,28H,4,7,10-14,17H2,(H,26,30). The fourth-order valence-electron chi connectivity index (χ4n) is 4.21. The van der Waals surface area contributed by atoms with Crippen molar-refractivity contribution in [1.82, 2.24) is 10.2 Å². The normalized spacial score (nSPS) is 15.2. The van der Waals surface area contributed by atoms with Crippen molar-refractivity contribution in [3.8, 4) is 5.75 Å². The van der Waals surface area contributed by atoms with Gasteiger partial charge in [0.2, 0.25) is 0 Å². The number of carbonyl (C=O) groups excluding carboxylic acids is 1. The second-order valence-corrected chi connectivity index (χ2v) is 8.26.